The van der Waals surface area contributed by atoms with Gasteiger partial charge >= 0.3 is 0 Å². The first-order valence-corrected chi connectivity index (χ1v) is 4.91. The molecule has 0 saturated carbocycles. The van der Waals surface area contributed by atoms with Crippen LogP contribution < -0.4 is 11.3 Å². The highest BCUT2D eigenvalue weighted by molar-refractivity contribution is 7.90. The number of nitrogens with two attached hydrogens (primary N) is 1. The highest BCUT2D eigenvalue weighted by atomic mass is 32.2. The van der Waals surface area contributed by atoms with Crippen molar-refractivity contribution in [2.24, 2.45) is 10.2 Å². The van der Waals surface area contributed by atoms with Crippen LogP contribution in [-0.4, -0.2) is 14.8 Å². The van der Waals surface area contributed by atoms with Gasteiger partial charge < -0.3 is 5.43 Å². The Hall–Kier alpha value is -1.40. The Kier molecular flexibility index (Phi) is 2.99. The summed E-state index contributed by atoms with van der Waals surface area (Å²) in [6, 6.07) is 7.90. The quantitative estimate of drug-likeness (QED) is 0.307. The fraction of sp³-hybridized carbons (Fsp3) is 0. The van der Waals surface area contributed by atoms with Crippen molar-refractivity contribution >= 4 is 16.4 Å². The van der Waals surface area contributed by atoms with E-state index >= 15 is 0 Å². The maximum absolute atomic E-state index is 11.3. The van der Waals surface area contributed by atoms with Crippen LogP contribution in [0, 0.1) is 0 Å². The molecule has 0 bridgehead atoms. The monoisotopic (exact) mass is 199 g/mol. The van der Waals surface area contributed by atoms with Gasteiger partial charge in [-0.05, 0) is 12.1 Å². The highest BCUT2D eigenvalue weighted by Gasteiger charge is 2.09. The molecule has 13 heavy (non-hydrogen) atoms. The lowest BCUT2D eigenvalue weighted by atomic mass is 10.4. The van der Waals surface area contributed by atoms with Gasteiger partial charge in [-0.15, -0.1) is 4.40 Å². The molecule has 0 fully saturated rings. The third-order valence-electron chi connectivity index (χ3n) is 1.31. The van der Waals surface area contributed by atoms with Crippen LogP contribution in [0.3, 0.4) is 0 Å². The zero-order valence-corrected chi connectivity index (χ0v) is 7.53. The van der Waals surface area contributed by atoms with E-state index in [0.29, 0.717) is 0 Å². The van der Waals surface area contributed by atoms with Gasteiger partial charge in [0.05, 0.1) is 4.90 Å². The molecule has 0 radical (unpaired) electrons. The number of hydrogen-bond acceptors (Lipinski definition) is 3. The lowest BCUT2D eigenvalue weighted by Gasteiger charge is -1.96. The van der Waals surface area contributed by atoms with Crippen LogP contribution in [0.5, 0.6) is 0 Å². The minimum absolute atomic E-state index is 0.140. The summed E-state index contributed by atoms with van der Waals surface area (Å²) in [4.78, 5) is 0.140. The van der Waals surface area contributed by atoms with Crippen molar-refractivity contribution in [3.8, 4) is 0 Å². The molecule has 1 aromatic carbocycles. The molecule has 5 nitrogen and oxygen atoms in total. The number of benzene rings is 1. The van der Waals surface area contributed by atoms with Gasteiger partial charge in [-0.2, -0.15) is 8.42 Å². The zero-order chi connectivity index (χ0) is 9.73. The minimum Gasteiger partial charge on any atom is -0.314 e. The lowest BCUT2D eigenvalue weighted by Crippen LogP contribution is -2.20. The second-order valence-electron chi connectivity index (χ2n) is 2.19. The van der Waals surface area contributed by atoms with Crippen molar-refractivity contribution in [3.05, 3.63) is 30.3 Å². The van der Waals surface area contributed by atoms with Crippen LogP contribution in [0.1, 0.15) is 0 Å². The molecule has 0 saturated heterocycles. The molecule has 0 aromatic heterocycles. The number of nitrogens with one attached hydrogen (secondary N) is 1. The molecule has 3 N–H and O–H groups in total. The molecule has 1 rings (SSSR count). The number of nitrogens with zero attached hydrogens (tertiary/aromatic N) is 1. The smallest absolute Gasteiger partial charge is 0.283 e. The topological polar surface area (TPSA) is 84.5 Å². The Morgan fingerprint density at radius 2 is 1.92 bits per heavy atom. The molecule has 0 aliphatic heterocycles. The molecular formula is C7H9N3O2S. The van der Waals surface area contributed by atoms with Crippen LogP contribution in [0.25, 0.3) is 0 Å². The Morgan fingerprint density at radius 1 is 1.31 bits per heavy atom. The van der Waals surface area contributed by atoms with E-state index in [1.165, 1.54) is 12.1 Å². The molecule has 0 aliphatic carbocycles. The standard InChI is InChI=1S/C7H9N3O2S/c8-9-6-10-13(11,12)7-4-2-1-3-5-7/h1-6H,8H2,(H,9,10). The fourth-order valence-corrected chi connectivity index (χ4v) is 1.58. The van der Waals surface area contributed by atoms with E-state index in [0.717, 1.165) is 6.34 Å². The van der Waals surface area contributed by atoms with Crippen LogP contribution in [0.4, 0.5) is 0 Å². The summed E-state index contributed by atoms with van der Waals surface area (Å²) in [7, 11) is -3.60. The first kappa shape index (κ1) is 9.69. The summed E-state index contributed by atoms with van der Waals surface area (Å²) in [5, 5.41) is 0. The average molecular weight is 199 g/mol. The second kappa shape index (κ2) is 4.01. The maximum Gasteiger partial charge on any atom is 0.283 e. The number of hydrazine groups is 1. The van der Waals surface area contributed by atoms with Crippen molar-refractivity contribution in [3.63, 3.8) is 0 Å². The van der Waals surface area contributed by atoms with Crippen LogP contribution in [0.2, 0.25) is 0 Å². The summed E-state index contributed by atoms with van der Waals surface area (Å²) in [5.41, 5.74) is 2.02. The van der Waals surface area contributed by atoms with Gasteiger partial charge in [0, 0.05) is 0 Å². The van der Waals surface area contributed by atoms with Gasteiger partial charge in [0.2, 0.25) is 0 Å². The van der Waals surface area contributed by atoms with Gasteiger partial charge in [-0.3, -0.25) is 0 Å². The molecule has 0 amide bonds. The van der Waals surface area contributed by atoms with Crippen molar-refractivity contribution in [2.75, 3.05) is 0 Å². The molecule has 0 spiro atoms. The predicted molar refractivity (Wildman–Crippen MR) is 49.4 cm³/mol. The normalized spacial score (nSPS) is 11.8. The summed E-state index contributed by atoms with van der Waals surface area (Å²) >= 11 is 0. The van der Waals surface area contributed by atoms with Gasteiger partial charge in [0.25, 0.3) is 10.0 Å². The lowest BCUT2D eigenvalue weighted by molar-refractivity contribution is 0.598. The highest BCUT2D eigenvalue weighted by Crippen LogP contribution is 2.09. The SMILES string of the molecule is NNC=NS(=O)(=O)c1ccccc1. The van der Waals surface area contributed by atoms with Gasteiger partial charge in [-0.1, -0.05) is 18.2 Å². The summed E-state index contributed by atoms with van der Waals surface area (Å²) in [5.74, 6) is 4.85. The third kappa shape index (κ3) is 2.53. The molecular weight excluding hydrogens is 190 g/mol. The number of sulfonamides is 1. The van der Waals surface area contributed by atoms with Gasteiger partial charge in [0.15, 0.2) is 0 Å². The van der Waals surface area contributed by atoms with Crippen LogP contribution >= 0.6 is 0 Å². The largest absolute Gasteiger partial charge is 0.314 e. The molecule has 0 heterocycles. The Morgan fingerprint density at radius 3 is 2.46 bits per heavy atom. The fourth-order valence-electron chi connectivity index (χ4n) is 0.753. The van der Waals surface area contributed by atoms with E-state index in [2.05, 4.69) is 4.40 Å². The zero-order valence-electron chi connectivity index (χ0n) is 6.71. The van der Waals surface area contributed by atoms with E-state index < -0.39 is 10.0 Å². The van der Waals surface area contributed by atoms with E-state index in [4.69, 9.17) is 5.84 Å². The van der Waals surface area contributed by atoms with E-state index in [-0.39, 0.29) is 4.90 Å². The first-order chi connectivity index (χ1) is 6.17. The second-order valence-corrected chi connectivity index (χ2v) is 3.82. The van der Waals surface area contributed by atoms with Gasteiger partial charge in [-0.25, -0.2) is 5.84 Å². The molecule has 70 valence electrons. The van der Waals surface area contributed by atoms with Crippen molar-refractivity contribution < 1.29 is 8.42 Å². The molecule has 0 aliphatic rings. The van der Waals surface area contributed by atoms with Crippen LogP contribution in [0.15, 0.2) is 39.6 Å². The van der Waals surface area contributed by atoms with Crippen LogP contribution in [-0.2, 0) is 10.0 Å². The number of hydrogen-bond donors (Lipinski definition) is 2. The van der Waals surface area contributed by atoms with Crippen molar-refractivity contribution in [1.29, 1.82) is 0 Å². The first-order valence-electron chi connectivity index (χ1n) is 3.47. The Bertz CT molecular complexity index is 385. The number of rotatable bonds is 3. The van der Waals surface area contributed by atoms with Crippen molar-refractivity contribution in [1.82, 2.24) is 5.43 Å². The maximum atomic E-state index is 11.3. The minimum atomic E-state index is -3.60. The van der Waals surface area contributed by atoms with Crippen molar-refractivity contribution in [2.45, 2.75) is 4.90 Å². The average Bonchev–Trinajstić information content (AvgIpc) is 2.16. The molecule has 1 aromatic rings. The third-order valence-corrected chi connectivity index (χ3v) is 2.56. The van der Waals surface area contributed by atoms with E-state index in [9.17, 15) is 8.42 Å². The predicted octanol–water partition coefficient (Wildman–Crippen LogP) is -0.133. The van der Waals surface area contributed by atoms with E-state index in [1.807, 2.05) is 5.43 Å². The summed E-state index contributed by atoms with van der Waals surface area (Å²) < 4.78 is 25.9. The van der Waals surface area contributed by atoms with Gasteiger partial charge in [0.1, 0.15) is 6.34 Å². The molecule has 6 heteroatoms. The van der Waals surface area contributed by atoms with E-state index in [1.54, 1.807) is 18.2 Å². The Balaban J connectivity index is 3.02. The Labute approximate surface area is 76.3 Å². The summed E-state index contributed by atoms with van der Waals surface area (Å²) in [6.45, 7) is 0. The molecule has 0 unspecified atom stereocenters. The molecule has 0 atom stereocenters. The summed E-state index contributed by atoms with van der Waals surface area (Å²) in [6.07, 6.45) is 0.919.